The molecule has 0 spiro atoms. The van der Waals surface area contributed by atoms with Crippen LogP contribution in [-0.2, 0) is 11.2 Å². The van der Waals surface area contributed by atoms with Crippen LogP contribution in [0.2, 0.25) is 0 Å². The van der Waals surface area contributed by atoms with Gasteiger partial charge in [-0.1, -0.05) is 6.07 Å². The van der Waals surface area contributed by atoms with Crippen molar-refractivity contribution in [3.63, 3.8) is 0 Å². The van der Waals surface area contributed by atoms with Gasteiger partial charge in [-0.3, -0.25) is 25.4 Å². The van der Waals surface area contributed by atoms with Crippen LogP contribution in [-0.4, -0.2) is 21.8 Å². The molecule has 92 valence electrons. The highest BCUT2D eigenvalue weighted by Crippen LogP contribution is 2.08. The van der Waals surface area contributed by atoms with Crippen LogP contribution in [0, 0.1) is 0 Å². The summed E-state index contributed by atoms with van der Waals surface area (Å²) in [6, 6.07) is 3.72. The molecular weight excluding hydrogens is 252 g/mol. The Labute approximate surface area is 107 Å². The summed E-state index contributed by atoms with van der Waals surface area (Å²) in [5, 5.41) is 1.89. The molecule has 18 heavy (non-hydrogen) atoms. The lowest BCUT2D eigenvalue weighted by Gasteiger charge is -2.05. The molecule has 0 fully saturated rings. The number of amides is 2. The van der Waals surface area contributed by atoms with E-state index in [1.54, 1.807) is 0 Å². The molecular formula is C11H10N4O2S. The number of rotatable bonds is 3. The fraction of sp³-hybridized carbons (Fsp3) is 0.0909. The van der Waals surface area contributed by atoms with Crippen molar-refractivity contribution in [2.75, 3.05) is 0 Å². The summed E-state index contributed by atoms with van der Waals surface area (Å²) in [6.07, 6.45) is 4.42. The van der Waals surface area contributed by atoms with E-state index in [-0.39, 0.29) is 18.0 Å². The molecule has 0 aliphatic rings. The van der Waals surface area contributed by atoms with Crippen LogP contribution in [0.1, 0.15) is 15.4 Å². The number of hydrazine groups is 1. The van der Waals surface area contributed by atoms with E-state index in [0.29, 0.717) is 0 Å². The summed E-state index contributed by atoms with van der Waals surface area (Å²) in [5.41, 5.74) is 4.74. The molecule has 2 heterocycles. The van der Waals surface area contributed by atoms with E-state index in [9.17, 15) is 9.59 Å². The summed E-state index contributed by atoms with van der Waals surface area (Å²) < 4.78 is 0. The summed E-state index contributed by atoms with van der Waals surface area (Å²) in [5.74, 6) is -0.780. The standard InChI is InChI=1S/C11H10N4O2S/c16-10(6-8-2-1-5-18-8)14-15-11(17)9-7-12-3-4-13-9/h1-5,7H,6H2,(H,14,16)(H,15,17). The third kappa shape index (κ3) is 3.36. The third-order valence-corrected chi connectivity index (χ3v) is 2.90. The van der Waals surface area contributed by atoms with Gasteiger partial charge in [-0.25, -0.2) is 4.98 Å². The van der Waals surface area contributed by atoms with Gasteiger partial charge in [0.2, 0.25) is 5.91 Å². The summed E-state index contributed by atoms with van der Waals surface area (Å²) in [7, 11) is 0. The number of nitrogens with zero attached hydrogens (tertiary/aromatic N) is 2. The summed E-state index contributed by atoms with van der Waals surface area (Å²) >= 11 is 1.49. The van der Waals surface area contributed by atoms with Crippen molar-refractivity contribution in [1.29, 1.82) is 0 Å². The zero-order valence-corrected chi connectivity index (χ0v) is 10.1. The van der Waals surface area contributed by atoms with Gasteiger partial charge in [0.15, 0.2) is 0 Å². The molecule has 6 nitrogen and oxygen atoms in total. The van der Waals surface area contributed by atoms with Crippen LogP contribution >= 0.6 is 11.3 Å². The Morgan fingerprint density at radius 3 is 2.83 bits per heavy atom. The number of hydrogen-bond acceptors (Lipinski definition) is 5. The first-order valence-electron chi connectivity index (χ1n) is 5.13. The van der Waals surface area contributed by atoms with Crippen LogP contribution in [0.5, 0.6) is 0 Å². The first-order chi connectivity index (χ1) is 8.75. The molecule has 0 radical (unpaired) electrons. The van der Waals surface area contributed by atoms with Crippen molar-refractivity contribution >= 4 is 23.2 Å². The van der Waals surface area contributed by atoms with E-state index in [1.165, 1.54) is 29.9 Å². The molecule has 2 rings (SSSR count). The quantitative estimate of drug-likeness (QED) is 0.791. The summed E-state index contributed by atoms with van der Waals surface area (Å²) in [6.45, 7) is 0. The smallest absolute Gasteiger partial charge is 0.273 e. The van der Waals surface area contributed by atoms with Crippen LogP contribution in [0.3, 0.4) is 0 Å². The molecule has 2 amide bonds. The van der Waals surface area contributed by atoms with Crippen molar-refractivity contribution in [3.8, 4) is 0 Å². The molecule has 0 saturated carbocycles. The lowest BCUT2D eigenvalue weighted by Crippen LogP contribution is -2.42. The second kappa shape index (κ2) is 5.87. The van der Waals surface area contributed by atoms with Gasteiger partial charge in [-0.15, -0.1) is 11.3 Å². The monoisotopic (exact) mass is 262 g/mol. The summed E-state index contributed by atoms with van der Waals surface area (Å²) in [4.78, 5) is 31.5. The molecule has 0 bridgehead atoms. The van der Waals surface area contributed by atoms with Gasteiger partial charge in [0.05, 0.1) is 12.6 Å². The molecule has 0 atom stereocenters. The van der Waals surface area contributed by atoms with Crippen LogP contribution in [0.4, 0.5) is 0 Å². The van der Waals surface area contributed by atoms with Gasteiger partial charge < -0.3 is 0 Å². The lowest BCUT2D eigenvalue weighted by molar-refractivity contribution is -0.121. The van der Waals surface area contributed by atoms with Crippen molar-refractivity contribution in [2.45, 2.75) is 6.42 Å². The predicted octanol–water partition coefficient (Wildman–Crippen LogP) is 0.542. The number of carbonyl (C=O) groups is 2. The SMILES string of the molecule is O=C(Cc1cccs1)NNC(=O)c1cnccn1. The Hall–Kier alpha value is -2.28. The van der Waals surface area contributed by atoms with Gasteiger partial charge in [0, 0.05) is 17.3 Å². The first kappa shape index (κ1) is 12.2. The van der Waals surface area contributed by atoms with E-state index < -0.39 is 5.91 Å². The van der Waals surface area contributed by atoms with Crippen molar-refractivity contribution in [1.82, 2.24) is 20.8 Å². The van der Waals surface area contributed by atoms with Crippen LogP contribution in [0.15, 0.2) is 36.1 Å². The molecule has 0 aliphatic heterocycles. The second-order valence-corrected chi connectivity index (χ2v) is 4.38. The third-order valence-electron chi connectivity index (χ3n) is 2.03. The van der Waals surface area contributed by atoms with Crippen molar-refractivity contribution in [2.24, 2.45) is 0 Å². The van der Waals surface area contributed by atoms with Gasteiger partial charge in [0.1, 0.15) is 5.69 Å². The largest absolute Gasteiger partial charge is 0.289 e. The Kier molecular flexibility index (Phi) is 3.98. The maximum Gasteiger partial charge on any atom is 0.289 e. The maximum atomic E-state index is 11.5. The van der Waals surface area contributed by atoms with E-state index in [4.69, 9.17) is 0 Å². The molecule has 7 heteroatoms. The molecule has 2 aromatic heterocycles. The molecule has 0 aliphatic carbocycles. The van der Waals surface area contributed by atoms with Gasteiger partial charge in [0.25, 0.3) is 5.91 Å². The zero-order valence-electron chi connectivity index (χ0n) is 9.29. The highest BCUT2D eigenvalue weighted by molar-refractivity contribution is 7.10. The number of thiophene rings is 1. The molecule has 0 saturated heterocycles. The fourth-order valence-electron chi connectivity index (χ4n) is 1.22. The highest BCUT2D eigenvalue weighted by Gasteiger charge is 2.09. The maximum absolute atomic E-state index is 11.5. The predicted molar refractivity (Wildman–Crippen MR) is 65.7 cm³/mol. The van der Waals surface area contributed by atoms with E-state index >= 15 is 0 Å². The Morgan fingerprint density at radius 2 is 2.17 bits per heavy atom. The lowest BCUT2D eigenvalue weighted by atomic mass is 10.3. The fourth-order valence-corrected chi connectivity index (χ4v) is 1.93. The average Bonchev–Trinajstić information content (AvgIpc) is 2.90. The Morgan fingerprint density at radius 1 is 1.28 bits per heavy atom. The Bertz CT molecular complexity index is 527. The first-order valence-corrected chi connectivity index (χ1v) is 6.01. The van der Waals surface area contributed by atoms with E-state index in [2.05, 4.69) is 20.8 Å². The average molecular weight is 262 g/mol. The minimum atomic E-state index is -0.498. The van der Waals surface area contributed by atoms with Crippen molar-refractivity contribution < 1.29 is 9.59 Å². The van der Waals surface area contributed by atoms with Gasteiger partial charge >= 0.3 is 0 Å². The molecule has 2 N–H and O–H groups in total. The number of carbonyl (C=O) groups excluding carboxylic acids is 2. The van der Waals surface area contributed by atoms with Crippen molar-refractivity contribution in [3.05, 3.63) is 46.7 Å². The highest BCUT2D eigenvalue weighted by atomic mass is 32.1. The molecule has 2 aromatic rings. The minimum absolute atomic E-state index is 0.147. The minimum Gasteiger partial charge on any atom is -0.273 e. The van der Waals surface area contributed by atoms with E-state index in [1.807, 2.05) is 17.5 Å². The normalized spacial score (nSPS) is 9.78. The second-order valence-electron chi connectivity index (χ2n) is 3.35. The number of hydrogen-bond donors (Lipinski definition) is 2. The van der Waals surface area contributed by atoms with E-state index in [0.717, 1.165) is 4.88 Å². The molecule has 0 unspecified atom stereocenters. The topological polar surface area (TPSA) is 84.0 Å². The van der Waals surface area contributed by atoms with Crippen LogP contribution in [0.25, 0.3) is 0 Å². The molecule has 0 aromatic carbocycles. The Balaban J connectivity index is 1.81. The zero-order chi connectivity index (χ0) is 12.8. The van der Waals surface area contributed by atoms with Crippen LogP contribution < -0.4 is 10.9 Å². The number of aromatic nitrogens is 2. The van der Waals surface area contributed by atoms with Gasteiger partial charge in [-0.2, -0.15) is 0 Å². The number of nitrogens with one attached hydrogen (secondary N) is 2. The van der Waals surface area contributed by atoms with Gasteiger partial charge in [-0.05, 0) is 11.4 Å².